The van der Waals surface area contributed by atoms with Crippen molar-refractivity contribution in [1.82, 2.24) is 29.4 Å². The number of carbonyl (C=O) groups excluding carboxylic acids is 1. The number of ether oxygens (including phenoxy) is 2. The third-order valence-corrected chi connectivity index (χ3v) is 9.01. The van der Waals surface area contributed by atoms with E-state index in [4.69, 9.17) is 9.47 Å². The molecule has 33 heavy (non-hydrogen) atoms. The molecule has 1 saturated heterocycles. The van der Waals surface area contributed by atoms with Crippen molar-refractivity contribution in [2.45, 2.75) is 41.8 Å². The summed E-state index contributed by atoms with van der Waals surface area (Å²) in [6.45, 7) is 2.01. The van der Waals surface area contributed by atoms with Crippen LogP contribution in [-0.2, 0) is 14.8 Å². The second kappa shape index (κ2) is 9.47. The van der Waals surface area contributed by atoms with Crippen LogP contribution in [0.2, 0.25) is 0 Å². The van der Waals surface area contributed by atoms with Crippen LogP contribution in [0.3, 0.4) is 0 Å². The summed E-state index contributed by atoms with van der Waals surface area (Å²) in [6, 6.07) is 4.97. The van der Waals surface area contributed by atoms with Gasteiger partial charge in [0, 0.05) is 32.2 Å². The average molecular weight is 495 g/mol. The lowest BCUT2D eigenvalue weighted by Crippen LogP contribution is -2.51. The van der Waals surface area contributed by atoms with Gasteiger partial charge in [-0.3, -0.25) is 4.79 Å². The van der Waals surface area contributed by atoms with E-state index in [1.165, 1.54) is 41.0 Å². The first-order valence-corrected chi connectivity index (χ1v) is 13.5. The van der Waals surface area contributed by atoms with Crippen LogP contribution in [0.15, 0.2) is 28.3 Å². The molecular formula is C20H26N6O5S2. The molecule has 1 aromatic heterocycles. The fourth-order valence-electron chi connectivity index (χ4n) is 4.39. The first-order valence-electron chi connectivity index (χ1n) is 11.1. The highest BCUT2D eigenvalue weighted by Crippen LogP contribution is 2.34. The molecule has 2 fully saturated rings. The molecule has 0 N–H and O–H groups in total. The molecule has 0 atom stereocenters. The van der Waals surface area contributed by atoms with E-state index >= 15 is 0 Å². The highest BCUT2D eigenvalue weighted by Gasteiger charge is 2.31. The number of hydrogen-bond acceptors (Lipinski definition) is 9. The van der Waals surface area contributed by atoms with E-state index in [1.54, 1.807) is 11.0 Å². The van der Waals surface area contributed by atoms with Crippen LogP contribution in [0.1, 0.15) is 31.7 Å². The Balaban J connectivity index is 1.16. The largest absolute Gasteiger partial charge is 0.486 e. The number of amides is 1. The van der Waals surface area contributed by atoms with Crippen molar-refractivity contribution in [2.24, 2.45) is 0 Å². The molecule has 2 aliphatic heterocycles. The van der Waals surface area contributed by atoms with E-state index in [0.717, 1.165) is 12.8 Å². The Hall–Kier alpha value is -2.38. The van der Waals surface area contributed by atoms with Crippen molar-refractivity contribution >= 4 is 27.7 Å². The third-order valence-electron chi connectivity index (χ3n) is 6.20. The first-order chi connectivity index (χ1) is 16.0. The number of piperazine rings is 1. The summed E-state index contributed by atoms with van der Waals surface area (Å²) in [5.74, 6) is 1.17. The van der Waals surface area contributed by atoms with E-state index in [1.807, 2.05) is 4.68 Å². The molecule has 0 radical (unpaired) electrons. The summed E-state index contributed by atoms with van der Waals surface area (Å²) >= 11 is 1.34. The van der Waals surface area contributed by atoms with Gasteiger partial charge in [-0.25, -0.2) is 13.1 Å². The molecule has 0 unspecified atom stereocenters. The van der Waals surface area contributed by atoms with Gasteiger partial charge in [-0.15, -0.1) is 5.10 Å². The predicted octanol–water partition coefficient (Wildman–Crippen LogP) is 1.18. The lowest BCUT2D eigenvalue weighted by Gasteiger charge is -2.34. The molecule has 0 spiro atoms. The standard InChI is InChI=1S/C20H26N6O5S2/c27-19(14-32-20-21-22-23-26(20)15-3-1-2-4-15)24-7-9-25(10-8-24)33(28,29)16-5-6-17-18(13-16)31-12-11-30-17/h5-6,13,15H,1-4,7-12,14H2. The topological polar surface area (TPSA) is 120 Å². The highest BCUT2D eigenvalue weighted by molar-refractivity contribution is 7.99. The summed E-state index contributed by atoms with van der Waals surface area (Å²) in [5, 5.41) is 12.6. The summed E-state index contributed by atoms with van der Waals surface area (Å²) in [5.41, 5.74) is 0. The third kappa shape index (κ3) is 4.66. The zero-order valence-electron chi connectivity index (χ0n) is 18.1. The van der Waals surface area contributed by atoms with Crippen molar-refractivity contribution in [3.63, 3.8) is 0 Å². The van der Waals surface area contributed by atoms with Crippen molar-refractivity contribution in [2.75, 3.05) is 45.1 Å². The van der Waals surface area contributed by atoms with Gasteiger partial charge in [0.05, 0.1) is 16.7 Å². The quantitative estimate of drug-likeness (QED) is 0.545. The van der Waals surface area contributed by atoms with Gasteiger partial charge >= 0.3 is 0 Å². The van der Waals surface area contributed by atoms with Crippen LogP contribution in [0, 0.1) is 0 Å². The lowest BCUT2D eigenvalue weighted by molar-refractivity contribution is -0.129. The van der Waals surface area contributed by atoms with E-state index in [9.17, 15) is 13.2 Å². The number of sulfonamides is 1. The van der Waals surface area contributed by atoms with Crippen molar-refractivity contribution in [1.29, 1.82) is 0 Å². The molecule has 11 nitrogen and oxygen atoms in total. The zero-order chi connectivity index (χ0) is 22.8. The van der Waals surface area contributed by atoms with E-state index in [0.29, 0.717) is 49.0 Å². The Kier molecular flexibility index (Phi) is 6.43. The molecule has 1 amide bonds. The molecule has 5 rings (SSSR count). The van der Waals surface area contributed by atoms with Gasteiger partial charge in [0.15, 0.2) is 11.5 Å². The second-order valence-corrected chi connectivity index (χ2v) is 11.1. The van der Waals surface area contributed by atoms with Crippen LogP contribution in [0.5, 0.6) is 11.5 Å². The van der Waals surface area contributed by atoms with Crippen molar-refractivity contribution in [3.8, 4) is 11.5 Å². The van der Waals surface area contributed by atoms with Crippen LogP contribution < -0.4 is 9.47 Å². The molecule has 1 aromatic carbocycles. The van der Waals surface area contributed by atoms with Gasteiger partial charge in [-0.1, -0.05) is 24.6 Å². The van der Waals surface area contributed by atoms with Crippen LogP contribution in [0.4, 0.5) is 0 Å². The molecule has 0 bridgehead atoms. The molecule has 1 saturated carbocycles. The molecule has 1 aliphatic carbocycles. The van der Waals surface area contributed by atoms with Gasteiger partial charge in [0.2, 0.25) is 21.1 Å². The van der Waals surface area contributed by atoms with Crippen LogP contribution in [0.25, 0.3) is 0 Å². The number of aromatic nitrogens is 4. The van der Waals surface area contributed by atoms with Gasteiger partial charge in [-0.2, -0.15) is 4.31 Å². The van der Waals surface area contributed by atoms with Crippen LogP contribution >= 0.6 is 11.8 Å². The smallest absolute Gasteiger partial charge is 0.243 e. The molecule has 13 heteroatoms. The maximum atomic E-state index is 13.1. The fraction of sp³-hybridized carbons (Fsp3) is 0.600. The van der Waals surface area contributed by atoms with Crippen molar-refractivity contribution < 1.29 is 22.7 Å². The number of carbonyl (C=O) groups is 1. The lowest BCUT2D eigenvalue weighted by atomic mass is 10.3. The number of hydrogen-bond donors (Lipinski definition) is 0. The second-order valence-electron chi connectivity index (χ2n) is 8.22. The number of benzene rings is 1. The number of rotatable bonds is 6. The SMILES string of the molecule is O=C(CSc1nnnn1C1CCCC1)N1CCN(S(=O)(=O)c2ccc3c(c2)OCCO3)CC1. The molecule has 178 valence electrons. The Morgan fingerprint density at radius 1 is 1.06 bits per heavy atom. The fourth-order valence-corrected chi connectivity index (χ4v) is 6.67. The van der Waals surface area contributed by atoms with Gasteiger partial charge in [0.1, 0.15) is 13.2 Å². The summed E-state index contributed by atoms with van der Waals surface area (Å²) in [6.07, 6.45) is 4.47. The Bertz CT molecular complexity index is 1110. The maximum absolute atomic E-state index is 13.1. The first kappa shape index (κ1) is 22.4. The Morgan fingerprint density at radius 2 is 1.79 bits per heavy atom. The van der Waals surface area contributed by atoms with Gasteiger partial charge in [-0.05, 0) is 35.4 Å². The number of nitrogens with zero attached hydrogens (tertiary/aromatic N) is 6. The minimum atomic E-state index is -3.68. The molecule has 3 heterocycles. The van der Waals surface area contributed by atoms with E-state index in [2.05, 4.69) is 15.5 Å². The number of tetrazole rings is 1. The van der Waals surface area contributed by atoms with Crippen LogP contribution in [-0.4, -0.2) is 88.9 Å². The average Bonchev–Trinajstić information content (AvgIpc) is 3.54. The highest BCUT2D eigenvalue weighted by atomic mass is 32.2. The van der Waals surface area contributed by atoms with Crippen molar-refractivity contribution in [3.05, 3.63) is 18.2 Å². The van der Waals surface area contributed by atoms with Gasteiger partial charge < -0.3 is 14.4 Å². The number of fused-ring (bicyclic) bond motifs is 1. The van der Waals surface area contributed by atoms with E-state index in [-0.39, 0.29) is 29.6 Å². The zero-order valence-corrected chi connectivity index (χ0v) is 19.8. The molecular weight excluding hydrogens is 468 g/mol. The Morgan fingerprint density at radius 3 is 2.55 bits per heavy atom. The van der Waals surface area contributed by atoms with E-state index < -0.39 is 10.0 Å². The monoisotopic (exact) mass is 494 g/mol. The number of thioether (sulfide) groups is 1. The summed E-state index contributed by atoms with van der Waals surface area (Å²) in [7, 11) is -3.68. The summed E-state index contributed by atoms with van der Waals surface area (Å²) < 4.78 is 40.4. The summed E-state index contributed by atoms with van der Waals surface area (Å²) in [4.78, 5) is 14.6. The Labute approximate surface area is 196 Å². The molecule has 3 aliphatic rings. The normalized spacial score (nSPS) is 19.7. The predicted molar refractivity (Wildman–Crippen MR) is 119 cm³/mol. The minimum Gasteiger partial charge on any atom is -0.486 e. The molecule has 2 aromatic rings. The maximum Gasteiger partial charge on any atom is 0.243 e. The minimum absolute atomic E-state index is 0.0441. The van der Waals surface area contributed by atoms with Gasteiger partial charge in [0.25, 0.3) is 0 Å².